The van der Waals surface area contributed by atoms with Gasteiger partial charge in [-0.25, -0.2) is 4.98 Å². The number of nitrogens with one attached hydrogen (secondary N) is 1. The fourth-order valence-corrected chi connectivity index (χ4v) is 4.51. The molecule has 1 aliphatic heterocycles. The minimum Gasteiger partial charge on any atom is -0.371 e. The largest absolute Gasteiger partial charge is 0.371 e. The zero-order chi connectivity index (χ0) is 13.1. The van der Waals surface area contributed by atoms with Gasteiger partial charge in [-0.1, -0.05) is 25.7 Å². The van der Waals surface area contributed by atoms with E-state index in [-0.39, 0.29) is 5.60 Å². The van der Waals surface area contributed by atoms with E-state index < -0.39 is 0 Å². The van der Waals surface area contributed by atoms with E-state index in [1.165, 1.54) is 49.2 Å². The zero-order valence-electron chi connectivity index (χ0n) is 11.8. The maximum absolute atomic E-state index is 5.95. The lowest BCUT2D eigenvalue weighted by molar-refractivity contribution is -0.0281. The van der Waals surface area contributed by atoms with Crippen molar-refractivity contribution in [3.8, 4) is 0 Å². The molecule has 19 heavy (non-hydrogen) atoms. The molecule has 2 aliphatic rings. The monoisotopic (exact) mass is 280 g/mol. The van der Waals surface area contributed by atoms with Crippen LogP contribution < -0.4 is 5.32 Å². The van der Waals surface area contributed by atoms with Gasteiger partial charge in [-0.2, -0.15) is 0 Å². The van der Waals surface area contributed by atoms with E-state index >= 15 is 0 Å². The standard InChI is InChI=1S/C15H24N2OS/c1-18-15(8-4-2-3-5-9-15)14-17-13(11-19-14)12-7-6-10-16-12/h11-12,16H,2-10H2,1H3. The molecule has 3 nitrogen and oxygen atoms in total. The molecule has 0 amide bonds. The van der Waals surface area contributed by atoms with Gasteiger partial charge in [-0.3, -0.25) is 0 Å². The smallest absolute Gasteiger partial charge is 0.125 e. The molecule has 1 saturated heterocycles. The molecule has 2 fully saturated rings. The van der Waals surface area contributed by atoms with Crippen molar-refractivity contribution in [2.45, 2.75) is 63.0 Å². The normalized spacial score (nSPS) is 27.3. The Labute approximate surface area is 119 Å². The first-order chi connectivity index (χ1) is 9.34. The summed E-state index contributed by atoms with van der Waals surface area (Å²) in [5.74, 6) is 0. The fraction of sp³-hybridized carbons (Fsp3) is 0.800. The van der Waals surface area contributed by atoms with Gasteiger partial charge in [0.05, 0.1) is 11.7 Å². The molecule has 1 unspecified atom stereocenters. The van der Waals surface area contributed by atoms with Crippen molar-refractivity contribution in [2.75, 3.05) is 13.7 Å². The van der Waals surface area contributed by atoms with Crippen LogP contribution in [0.15, 0.2) is 5.38 Å². The number of hydrogen-bond acceptors (Lipinski definition) is 4. The molecule has 106 valence electrons. The Morgan fingerprint density at radius 3 is 2.68 bits per heavy atom. The Kier molecular flexibility index (Phi) is 4.20. The minimum atomic E-state index is -0.0992. The maximum Gasteiger partial charge on any atom is 0.125 e. The molecule has 0 bridgehead atoms. The molecule has 1 atom stereocenters. The third-order valence-electron chi connectivity index (χ3n) is 4.63. The second-order valence-corrected chi connectivity index (χ2v) is 6.70. The molecule has 1 N–H and O–H groups in total. The maximum atomic E-state index is 5.95. The van der Waals surface area contributed by atoms with E-state index in [2.05, 4.69) is 10.7 Å². The quantitative estimate of drug-likeness (QED) is 0.856. The summed E-state index contributed by atoms with van der Waals surface area (Å²) in [5.41, 5.74) is 1.14. The van der Waals surface area contributed by atoms with Gasteiger partial charge in [0.2, 0.25) is 0 Å². The average Bonchev–Trinajstić information content (AvgIpc) is 3.06. The Hall–Kier alpha value is -0.450. The average molecular weight is 280 g/mol. The van der Waals surface area contributed by atoms with Gasteiger partial charge in [0.1, 0.15) is 10.6 Å². The number of ether oxygens (including phenoxy) is 1. The number of aromatic nitrogens is 1. The molecule has 1 aromatic heterocycles. The number of methoxy groups -OCH3 is 1. The van der Waals surface area contributed by atoms with Gasteiger partial charge < -0.3 is 10.1 Å². The summed E-state index contributed by atoms with van der Waals surface area (Å²) < 4.78 is 5.95. The molecule has 2 heterocycles. The highest BCUT2D eigenvalue weighted by molar-refractivity contribution is 7.09. The van der Waals surface area contributed by atoms with Crippen LogP contribution in [0.4, 0.5) is 0 Å². The van der Waals surface area contributed by atoms with E-state index in [0.717, 1.165) is 19.4 Å². The lowest BCUT2D eigenvalue weighted by atomic mass is 9.95. The lowest BCUT2D eigenvalue weighted by Gasteiger charge is -2.29. The zero-order valence-corrected chi connectivity index (χ0v) is 12.6. The van der Waals surface area contributed by atoms with Crippen LogP contribution in [0.5, 0.6) is 0 Å². The number of hydrogen-bond donors (Lipinski definition) is 1. The summed E-state index contributed by atoms with van der Waals surface area (Å²) in [5, 5.41) is 6.98. The fourth-order valence-electron chi connectivity index (χ4n) is 3.40. The molecule has 0 aromatic carbocycles. The SMILES string of the molecule is COC1(c2nc(C3CCCN3)cs2)CCCCCC1. The van der Waals surface area contributed by atoms with Crippen LogP contribution >= 0.6 is 11.3 Å². The van der Waals surface area contributed by atoms with Crippen molar-refractivity contribution in [3.63, 3.8) is 0 Å². The Morgan fingerprint density at radius 2 is 2.05 bits per heavy atom. The van der Waals surface area contributed by atoms with E-state index in [4.69, 9.17) is 9.72 Å². The molecule has 0 radical (unpaired) electrons. The molecule has 1 aromatic rings. The topological polar surface area (TPSA) is 34.1 Å². The van der Waals surface area contributed by atoms with E-state index in [1.54, 1.807) is 11.3 Å². The van der Waals surface area contributed by atoms with Gasteiger partial charge in [-0.05, 0) is 32.2 Å². The predicted octanol–water partition coefficient (Wildman–Crippen LogP) is 3.76. The highest BCUT2D eigenvalue weighted by Crippen LogP contribution is 2.41. The molecular weight excluding hydrogens is 256 g/mol. The first kappa shape index (κ1) is 13.5. The summed E-state index contributed by atoms with van der Waals surface area (Å²) in [6.07, 6.45) is 9.98. The number of rotatable bonds is 3. The second-order valence-electron chi connectivity index (χ2n) is 5.84. The van der Waals surface area contributed by atoms with Crippen molar-refractivity contribution in [1.82, 2.24) is 10.3 Å². The third kappa shape index (κ3) is 2.71. The number of thiazole rings is 1. The molecule has 1 aliphatic carbocycles. The van der Waals surface area contributed by atoms with Crippen LogP contribution in [0.2, 0.25) is 0 Å². The van der Waals surface area contributed by atoms with Gasteiger partial charge >= 0.3 is 0 Å². The summed E-state index contributed by atoms with van der Waals surface area (Å²) in [6.45, 7) is 1.13. The van der Waals surface area contributed by atoms with Gasteiger partial charge in [-0.15, -0.1) is 11.3 Å². The second kappa shape index (κ2) is 5.90. The van der Waals surface area contributed by atoms with Crippen molar-refractivity contribution >= 4 is 11.3 Å². The molecule has 4 heteroatoms. The minimum absolute atomic E-state index is 0.0992. The van der Waals surface area contributed by atoms with Crippen molar-refractivity contribution in [3.05, 3.63) is 16.1 Å². The van der Waals surface area contributed by atoms with Crippen LogP contribution in [-0.2, 0) is 10.3 Å². The summed E-state index contributed by atoms with van der Waals surface area (Å²) in [6, 6.07) is 0.477. The third-order valence-corrected chi connectivity index (χ3v) is 5.68. The first-order valence-corrected chi connectivity index (χ1v) is 8.46. The van der Waals surface area contributed by atoms with Crippen molar-refractivity contribution in [2.24, 2.45) is 0 Å². The molecule has 3 rings (SSSR count). The molecular formula is C15H24N2OS. The lowest BCUT2D eigenvalue weighted by Crippen LogP contribution is -2.28. The van der Waals surface area contributed by atoms with Gasteiger partial charge in [0, 0.05) is 12.5 Å². The van der Waals surface area contributed by atoms with Crippen molar-refractivity contribution in [1.29, 1.82) is 0 Å². The highest BCUT2D eigenvalue weighted by Gasteiger charge is 2.36. The van der Waals surface area contributed by atoms with E-state index in [1.807, 2.05) is 7.11 Å². The first-order valence-electron chi connectivity index (χ1n) is 7.58. The van der Waals surface area contributed by atoms with Crippen LogP contribution in [0.3, 0.4) is 0 Å². The number of nitrogens with zero attached hydrogens (tertiary/aromatic N) is 1. The van der Waals surface area contributed by atoms with E-state index in [0.29, 0.717) is 6.04 Å². The predicted molar refractivity (Wildman–Crippen MR) is 78.5 cm³/mol. The van der Waals surface area contributed by atoms with Crippen LogP contribution in [0, 0.1) is 0 Å². The highest BCUT2D eigenvalue weighted by atomic mass is 32.1. The van der Waals surface area contributed by atoms with Gasteiger partial charge in [0.15, 0.2) is 0 Å². The summed E-state index contributed by atoms with van der Waals surface area (Å²) >= 11 is 1.80. The van der Waals surface area contributed by atoms with Gasteiger partial charge in [0.25, 0.3) is 0 Å². The van der Waals surface area contributed by atoms with E-state index in [9.17, 15) is 0 Å². The summed E-state index contributed by atoms with van der Waals surface area (Å²) in [7, 11) is 1.86. The van der Waals surface area contributed by atoms with Crippen molar-refractivity contribution < 1.29 is 4.74 Å². The molecule has 0 spiro atoms. The Morgan fingerprint density at radius 1 is 1.26 bits per heavy atom. The van der Waals surface area contributed by atoms with Crippen LogP contribution in [0.25, 0.3) is 0 Å². The van der Waals surface area contributed by atoms with Crippen LogP contribution in [0.1, 0.15) is 68.1 Å². The molecule has 1 saturated carbocycles. The van der Waals surface area contributed by atoms with Crippen LogP contribution in [-0.4, -0.2) is 18.6 Å². The Balaban J connectivity index is 1.82. The Bertz CT molecular complexity index is 404. The summed E-state index contributed by atoms with van der Waals surface area (Å²) in [4.78, 5) is 4.93.